The van der Waals surface area contributed by atoms with E-state index >= 15 is 0 Å². The van der Waals surface area contributed by atoms with E-state index in [9.17, 15) is 4.79 Å². The zero-order chi connectivity index (χ0) is 13.1. The van der Waals surface area contributed by atoms with Crippen molar-refractivity contribution in [2.45, 2.75) is 57.4 Å². The topological polar surface area (TPSA) is 42.2 Å². The number of hydrogen-bond donors (Lipinski definition) is 1. The summed E-state index contributed by atoms with van der Waals surface area (Å²) in [5.41, 5.74) is 0.626. The summed E-state index contributed by atoms with van der Waals surface area (Å²) in [6, 6.07) is 1.86. The number of aryl methyl sites for hydroxylation is 2. The number of alkyl halides is 1. The summed E-state index contributed by atoms with van der Waals surface area (Å²) in [5.74, 6) is 1.37. The van der Waals surface area contributed by atoms with E-state index in [1.54, 1.807) is 6.07 Å². The maximum absolute atomic E-state index is 12.2. The highest BCUT2D eigenvalue weighted by Crippen LogP contribution is 2.23. The monoisotopic (exact) mass is 269 g/mol. The van der Waals surface area contributed by atoms with Gasteiger partial charge in [-0.3, -0.25) is 4.79 Å². The van der Waals surface area contributed by atoms with Crippen molar-refractivity contribution in [1.82, 2.24) is 5.32 Å². The minimum atomic E-state index is -0.0677. The first-order valence-electron chi connectivity index (χ1n) is 6.60. The molecule has 0 aromatic carbocycles. The third kappa shape index (κ3) is 3.08. The average Bonchev–Trinajstić information content (AvgIpc) is 2.52. The SMILES string of the molecule is Cc1cc(C(=O)NC2CCCCCC2Cl)c(C)o1. The van der Waals surface area contributed by atoms with Crippen LogP contribution in [0.15, 0.2) is 10.5 Å². The van der Waals surface area contributed by atoms with E-state index < -0.39 is 0 Å². The van der Waals surface area contributed by atoms with E-state index in [4.69, 9.17) is 16.0 Å². The molecule has 1 aliphatic rings. The molecule has 2 unspecified atom stereocenters. The predicted octanol–water partition coefficient (Wildman–Crippen LogP) is 3.57. The van der Waals surface area contributed by atoms with Crippen LogP contribution in [-0.4, -0.2) is 17.3 Å². The fourth-order valence-corrected chi connectivity index (χ4v) is 2.87. The van der Waals surface area contributed by atoms with Gasteiger partial charge in [-0.15, -0.1) is 11.6 Å². The van der Waals surface area contributed by atoms with E-state index in [-0.39, 0.29) is 17.3 Å². The third-order valence-corrected chi connectivity index (χ3v) is 4.06. The van der Waals surface area contributed by atoms with Gasteiger partial charge in [0.1, 0.15) is 11.5 Å². The lowest BCUT2D eigenvalue weighted by Gasteiger charge is -2.20. The summed E-state index contributed by atoms with van der Waals surface area (Å²) in [4.78, 5) is 12.2. The molecule has 2 rings (SSSR count). The first-order valence-corrected chi connectivity index (χ1v) is 7.03. The number of nitrogens with one attached hydrogen (secondary N) is 1. The van der Waals surface area contributed by atoms with Crippen LogP contribution in [0.25, 0.3) is 0 Å². The van der Waals surface area contributed by atoms with Crippen LogP contribution in [0.5, 0.6) is 0 Å². The molecule has 0 bridgehead atoms. The molecule has 1 aliphatic carbocycles. The summed E-state index contributed by atoms with van der Waals surface area (Å²) in [5, 5.41) is 3.09. The Morgan fingerprint density at radius 1 is 1.33 bits per heavy atom. The van der Waals surface area contributed by atoms with Crippen LogP contribution in [-0.2, 0) is 0 Å². The van der Waals surface area contributed by atoms with Crippen molar-refractivity contribution in [1.29, 1.82) is 0 Å². The van der Waals surface area contributed by atoms with Crippen molar-refractivity contribution in [3.05, 3.63) is 23.2 Å². The summed E-state index contributed by atoms with van der Waals surface area (Å²) >= 11 is 6.33. The third-order valence-electron chi connectivity index (χ3n) is 3.53. The van der Waals surface area contributed by atoms with Gasteiger partial charge in [-0.25, -0.2) is 0 Å². The Bertz CT molecular complexity index is 427. The Balaban J connectivity index is 2.04. The normalized spacial score (nSPS) is 24.6. The first-order chi connectivity index (χ1) is 8.58. The van der Waals surface area contributed by atoms with Crippen molar-refractivity contribution >= 4 is 17.5 Å². The van der Waals surface area contributed by atoms with E-state index in [2.05, 4.69) is 5.32 Å². The van der Waals surface area contributed by atoms with E-state index in [1.165, 1.54) is 6.42 Å². The van der Waals surface area contributed by atoms with Crippen LogP contribution >= 0.6 is 11.6 Å². The van der Waals surface area contributed by atoms with Crippen LogP contribution in [0.3, 0.4) is 0 Å². The van der Waals surface area contributed by atoms with E-state index in [0.717, 1.165) is 31.4 Å². The predicted molar refractivity (Wildman–Crippen MR) is 72.2 cm³/mol. The molecule has 1 fully saturated rings. The Morgan fingerprint density at radius 2 is 2.06 bits per heavy atom. The molecule has 1 aromatic heterocycles. The summed E-state index contributed by atoms with van der Waals surface area (Å²) in [7, 11) is 0. The average molecular weight is 270 g/mol. The highest BCUT2D eigenvalue weighted by Gasteiger charge is 2.25. The van der Waals surface area contributed by atoms with E-state index in [1.807, 2.05) is 13.8 Å². The largest absolute Gasteiger partial charge is 0.466 e. The van der Waals surface area contributed by atoms with Gasteiger partial charge in [-0.05, 0) is 32.8 Å². The number of hydrogen-bond acceptors (Lipinski definition) is 2. The molecule has 3 nitrogen and oxygen atoms in total. The Kier molecular flexibility index (Phi) is 4.33. The lowest BCUT2D eigenvalue weighted by Crippen LogP contribution is -2.40. The highest BCUT2D eigenvalue weighted by molar-refractivity contribution is 6.21. The van der Waals surface area contributed by atoms with Gasteiger partial charge in [0.15, 0.2) is 0 Å². The zero-order valence-electron chi connectivity index (χ0n) is 11.0. The van der Waals surface area contributed by atoms with Gasteiger partial charge >= 0.3 is 0 Å². The Hall–Kier alpha value is -0.960. The standard InChI is InChI=1S/C14H20ClNO2/c1-9-8-11(10(2)18-9)14(17)16-13-7-5-3-4-6-12(13)15/h8,12-13H,3-7H2,1-2H3,(H,16,17). The Labute approximate surface area is 113 Å². The molecule has 1 N–H and O–H groups in total. The molecule has 2 atom stereocenters. The van der Waals surface area contributed by atoms with Gasteiger partial charge in [0, 0.05) is 6.04 Å². The molecular formula is C14H20ClNO2. The molecule has 0 aliphatic heterocycles. The van der Waals surface area contributed by atoms with Crippen molar-refractivity contribution in [3.63, 3.8) is 0 Å². The van der Waals surface area contributed by atoms with Gasteiger partial charge in [0.05, 0.1) is 10.9 Å². The van der Waals surface area contributed by atoms with E-state index in [0.29, 0.717) is 11.3 Å². The molecule has 18 heavy (non-hydrogen) atoms. The second-order valence-corrected chi connectivity index (χ2v) is 5.62. The number of rotatable bonds is 2. The number of amides is 1. The molecule has 100 valence electrons. The fraction of sp³-hybridized carbons (Fsp3) is 0.643. The van der Waals surface area contributed by atoms with Gasteiger partial charge < -0.3 is 9.73 Å². The highest BCUT2D eigenvalue weighted by atomic mass is 35.5. The maximum atomic E-state index is 12.2. The number of carbonyl (C=O) groups excluding carboxylic acids is 1. The van der Waals surface area contributed by atoms with Crippen molar-refractivity contribution in [2.24, 2.45) is 0 Å². The molecule has 1 heterocycles. The first kappa shape index (κ1) is 13.5. The molecule has 1 aromatic rings. The van der Waals surface area contributed by atoms with Gasteiger partial charge in [0.2, 0.25) is 0 Å². The summed E-state index contributed by atoms with van der Waals surface area (Å²) in [6.45, 7) is 3.66. The van der Waals surface area contributed by atoms with Gasteiger partial charge in [-0.2, -0.15) is 0 Å². The maximum Gasteiger partial charge on any atom is 0.255 e. The van der Waals surface area contributed by atoms with Crippen molar-refractivity contribution < 1.29 is 9.21 Å². The summed E-state index contributed by atoms with van der Waals surface area (Å²) < 4.78 is 5.38. The molecular weight excluding hydrogens is 250 g/mol. The van der Waals surface area contributed by atoms with Crippen molar-refractivity contribution in [2.75, 3.05) is 0 Å². The number of carbonyl (C=O) groups is 1. The minimum Gasteiger partial charge on any atom is -0.466 e. The second kappa shape index (κ2) is 5.79. The Morgan fingerprint density at radius 3 is 2.72 bits per heavy atom. The van der Waals surface area contributed by atoms with Crippen LogP contribution in [0.1, 0.15) is 54.0 Å². The lowest BCUT2D eigenvalue weighted by atomic mass is 10.1. The summed E-state index contributed by atoms with van der Waals surface area (Å²) in [6.07, 6.45) is 5.45. The smallest absolute Gasteiger partial charge is 0.255 e. The molecule has 0 saturated heterocycles. The molecule has 1 amide bonds. The van der Waals surface area contributed by atoms with Crippen LogP contribution in [0, 0.1) is 13.8 Å². The molecule has 4 heteroatoms. The van der Waals surface area contributed by atoms with Crippen molar-refractivity contribution in [3.8, 4) is 0 Å². The van der Waals surface area contributed by atoms with Crippen LogP contribution < -0.4 is 5.32 Å². The molecule has 1 saturated carbocycles. The molecule has 0 radical (unpaired) electrons. The molecule has 0 spiro atoms. The number of furan rings is 1. The quantitative estimate of drug-likeness (QED) is 0.659. The fourth-order valence-electron chi connectivity index (χ4n) is 2.53. The number of halogens is 1. The zero-order valence-corrected chi connectivity index (χ0v) is 11.7. The second-order valence-electron chi connectivity index (χ2n) is 5.06. The van der Waals surface area contributed by atoms with Gasteiger partial charge in [-0.1, -0.05) is 19.3 Å². The lowest BCUT2D eigenvalue weighted by molar-refractivity contribution is 0.0932. The van der Waals surface area contributed by atoms with Crippen LogP contribution in [0.4, 0.5) is 0 Å². The van der Waals surface area contributed by atoms with Gasteiger partial charge in [0.25, 0.3) is 5.91 Å². The van der Waals surface area contributed by atoms with Crippen LogP contribution in [0.2, 0.25) is 0 Å². The minimum absolute atomic E-state index is 0.0461.